The monoisotopic (exact) mass is 481 g/mol. The topological polar surface area (TPSA) is 135 Å². The van der Waals surface area contributed by atoms with Gasteiger partial charge in [-0.05, 0) is 17.7 Å². The minimum atomic E-state index is -3.84. The summed E-state index contributed by atoms with van der Waals surface area (Å²) >= 11 is 0. The minimum absolute atomic E-state index is 0.00493. The molecule has 0 radical (unpaired) electrons. The van der Waals surface area contributed by atoms with Crippen LogP contribution in [0.2, 0.25) is 0 Å². The van der Waals surface area contributed by atoms with E-state index in [1.807, 2.05) is 30.3 Å². The number of rotatable bonds is 6. The lowest BCUT2D eigenvalue weighted by Gasteiger charge is -2.26. The van der Waals surface area contributed by atoms with Gasteiger partial charge in [-0.25, -0.2) is 8.42 Å². The van der Waals surface area contributed by atoms with Gasteiger partial charge in [0.1, 0.15) is 17.8 Å². The number of benzene rings is 2. The number of hydrogen-bond donors (Lipinski definition) is 2. The molecule has 174 valence electrons. The highest BCUT2D eigenvalue weighted by molar-refractivity contribution is 7.92. The first-order valence-corrected chi connectivity index (χ1v) is 12.1. The highest BCUT2D eigenvalue weighted by Gasteiger charge is 2.47. The molecule has 34 heavy (non-hydrogen) atoms. The second kappa shape index (κ2) is 8.03. The van der Waals surface area contributed by atoms with Crippen molar-refractivity contribution in [3.05, 3.63) is 77.4 Å². The molecule has 11 heteroatoms. The van der Waals surface area contributed by atoms with Crippen LogP contribution >= 0.6 is 0 Å². The first-order chi connectivity index (χ1) is 16.3. The Morgan fingerprint density at radius 2 is 1.85 bits per heavy atom. The Morgan fingerprint density at radius 1 is 1.12 bits per heavy atom. The summed E-state index contributed by atoms with van der Waals surface area (Å²) < 4.78 is 37.3. The Hall–Kier alpha value is -4.12. The first kappa shape index (κ1) is 21.7. The Morgan fingerprint density at radius 3 is 2.53 bits per heavy atom. The molecule has 0 saturated carbocycles. The fourth-order valence-corrected chi connectivity index (χ4v) is 4.79. The second-order valence-corrected chi connectivity index (χ2v) is 9.63. The molecule has 1 atom stereocenters. The van der Waals surface area contributed by atoms with Crippen LogP contribution in [0.5, 0.6) is 5.75 Å². The number of carbonyl (C=O) groups excluding carboxylic acids is 2. The van der Waals surface area contributed by atoms with Crippen molar-refractivity contribution in [2.24, 2.45) is 0 Å². The normalized spacial score (nSPS) is 16.1. The number of imide groups is 1. The molecule has 1 unspecified atom stereocenters. The summed E-state index contributed by atoms with van der Waals surface area (Å²) in [5.74, 6) is -1.80. The number of anilines is 1. The molecule has 0 aliphatic carbocycles. The quantitative estimate of drug-likeness (QED) is 0.405. The number of phenolic OH excluding ortho intramolecular Hbond substituents is 1. The lowest BCUT2D eigenvalue weighted by atomic mass is 10.0. The number of carbonyl (C=O) groups is 2. The summed E-state index contributed by atoms with van der Waals surface area (Å²) in [6.07, 6.45) is 3.88. The predicted octanol–water partition coefficient (Wildman–Crippen LogP) is 2.36. The Balaban J connectivity index is 1.70. The van der Waals surface area contributed by atoms with Crippen molar-refractivity contribution in [3.63, 3.8) is 0 Å². The summed E-state index contributed by atoms with van der Waals surface area (Å²) in [5.41, 5.74) is 0.141. The molecule has 2 aliphatic heterocycles. The maximum atomic E-state index is 13.7. The molecular formula is C23H19N3O7S. The Bertz CT molecular complexity index is 1470. The van der Waals surface area contributed by atoms with Crippen LogP contribution in [-0.2, 0) is 25.9 Å². The van der Waals surface area contributed by atoms with Gasteiger partial charge in [-0.15, -0.1) is 0 Å². The van der Waals surface area contributed by atoms with E-state index in [4.69, 9.17) is 9.47 Å². The largest absolute Gasteiger partial charge is 0.505 e. The molecule has 2 amide bonds. The van der Waals surface area contributed by atoms with Crippen molar-refractivity contribution in [3.8, 4) is 5.75 Å². The second-order valence-electron chi connectivity index (χ2n) is 7.88. The number of ether oxygens (including phenoxy) is 2. The number of nitrogens with one attached hydrogen (secondary N) is 1. The fraction of sp³-hybridized carbons (Fsp3) is 0.174. The number of nitrogens with zero attached hydrogens (tertiary/aromatic N) is 2. The van der Waals surface area contributed by atoms with E-state index in [2.05, 4.69) is 9.71 Å². The summed E-state index contributed by atoms with van der Waals surface area (Å²) in [4.78, 5) is 32.4. The van der Waals surface area contributed by atoms with E-state index in [1.165, 1.54) is 24.6 Å². The smallest absolute Gasteiger partial charge is 0.266 e. The van der Waals surface area contributed by atoms with Crippen molar-refractivity contribution < 1.29 is 32.6 Å². The van der Waals surface area contributed by atoms with Gasteiger partial charge >= 0.3 is 0 Å². The fourth-order valence-electron chi connectivity index (χ4n) is 4.21. The summed E-state index contributed by atoms with van der Waals surface area (Å²) in [6.45, 7) is -0.0657. The van der Waals surface area contributed by atoms with Gasteiger partial charge in [0, 0.05) is 18.0 Å². The van der Waals surface area contributed by atoms with Crippen LogP contribution in [0.3, 0.4) is 0 Å². The van der Waals surface area contributed by atoms with E-state index >= 15 is 0 Å². The van der Waals surface area contributed by atoms with Crippen LogP contribution < -0.4 is 4.72 Å². The summed E-state index contributed by atoms with van der Waals surface area (Å²) in [6, 6.07) is 11.3. The van der Waals surface area contributed by atoms with Crippen LogP contribution in [0.25, 0.3) is 10.9 Å². The number of fused-ring (bicyclic) bond motifs is 2. The number of aromatic hydroxyl groups is 1. The molecule has 10 nitrogen and oxygen atoms in total. The van der Waals surface area contributed by atoms with Crippen molar-refractivity contribution in [1.82, 2.24) is 9.88 Å². The molecule has 2 aromatic carbocycles. The number of phenols is 1. The molecule has 2 N–H and O–H groups in total. The van der Waals surface area contributed by atoms with E-state index in [0.29, 0.717) is 0 Å². The summed E-state index contributed by atoms with van der Waals surface area (Å²) in [7, 11) is -3.84. The molecule has 3 heterocycles. The Labute approximate surface area is 194 Å². The zero-order valence-electron chi connectivity index (χ0n) is 17.9. The average Bonchev–Trinajstić information content (AvgIpc) is 3.42. The summed E-state index contributed by atoms with van der Waals surface area (Å²) in [5, 5.41) is 11.1. The number of pyridine rings is 1. The van der Waals surface area contributed by atoms with Gasteiger partial charge in [-0.2, -0.15) is 0 Å². The van der Waals surface area contributed by atoms with Gasteiger partial charge in [-0.1, -0.05) is 30.3 Å². The molecule has 5 rings (SSSR count). The van der Waals surface area contributed by atoms with Crippen LogP contribution in [0.4, 0.5) is 5.69 Å². The van der Waals surface area contributed by atoms with Crippen LogP contribution in [0.15, 0.2) is 60.7 Å². The number of aromatic nitrogens is 1. The zero-order chi connectivity index (χ0) is 24.0. The SMILES string of the molecule is CS(=O)(=O)Nc1c2c(c(O)c3ncccc13)C(=O)N(C(Cc1ccccc1)C1=COCO1)C2=O. The van der Waals surface area contributed by atoms with Crippen molar-refractivity contribution in [2.45, 2.75) is 12.5 Å². The predicted molar refractivity (Wildman–Crippen MR) is 121 cm³/mol. The molecule has 1 aromatic heterocycles. The van der Waals surface area contributed by atoms with Crippen LogP contribution in [0, 0.1) is 0 Å². The highest BCUT2D eigenvalue weighted by Crippen LogP contribution is 2.44. The molecule has 0 saturated heterocycles. The lowest BCUT2D eigenvalue weighted by Crippen LogP contribution is -2.42. The third-order valence-corrected chi connectivity index (χ3v) is 6.17. The van der Waals surface area contributed by atoms with Crippen molar-refractivity contribution >= 4 is 38.4 Å². The lowest BCUT2D eigenvalue weighted by molar-refractivity contribution is 0.0451. The van der Waals surface area contributed by atoms with E-state index < -0.39 is 33.6 Å². The minimum Gasteiger partial charge on any atom is -0.505 e. The number of amides is 2. The van der Waals surface area contributed by atoms with Gasteiger partial charge in [0.15, 0.2) is 11.5 Å². The molecule has 0 spiro atoms. The van der Waals surface area contributed by atoms with Gasteiger partial charge in [0.25, 0.3) is 11.8 Å². The van der Waals surface area contributed by atoms with Crippen LogP contribution in [0.1, 0.15) is 26.3 Å². The van der Waals surface area contributed by atoms with E-state index in [0.717, 1.165) is 16.7 Å². The molecule has 2 aliphatic rings. The van der Waals surface area contributed by atoms with Gasteiger partial charge in [-0.3, -0.25) is 24.2 Å². The number of hydrogen-bond acceptors (Lipinski definition) is 8. The standard InChI is InChI=1S/C23H19N3O7S/c1-34(30,31)25-19-14-8-5-9-24-20(14)21(27)18-17(19)22(28)26(23(18)29)15(16-11-32-12-33-16)10-13-6-3-2-4-7-13/h2-9,11,15,25,27H,10,12H2,1H3. The maximum absolute atomic E-state index is 13.7. The highest BCUT2D eigenvalue weighted by atomic mass is 32.2. The average molecular weight is 481 g/mol. The third kappa shape index (κ3) is 3.59. The van der Waals surface area contributed by atoms with E-state index in [9.17, 15) is 23.1 Å². The molecular weight excluding hydrogens is 462 g/mol. The van der Waals surface area contributed by atoms with E-state index in [-0.39, 0.29) is 46.7 Å². The Kier molecular flexibility index (Phi) is 5.13. The van der Waals surface area contributed by atoms with Crippen molar-refractivity contribution in [1.29, 1.82) is 0 Å². The van der Waals surface area contributed by atoms with Crippen molar-refractivity contribution in [2.75, 3.05) is 17.8 Å². The third-order valence-electron chi connectivity index (χ3n) is 5.60. The van der Waals surface area contributed by atoms with E-state index in [1.54, 1.807) is 0 Å². The molecule has 3 aromatic rings. The maximum Gasteiger partial charge on any atom is 0.266 e. The molecule has 0 fully saturated rings. The molecule has 0 bridgehead atoms. The number of sulfonamides is 1. The van der Waals surface area contributed by atoms with Gasteiger partial charge in [0.05, 0.1) is 23.1 Å². The van der Waals surface area contributed by atoms with Crippen LogP contribution in [-0.4, -0.2) is 54.3 Å². The zero-order valence-corrected chi connectivity index (χ0v) is 18.7. The van der Waals surface area contributed by atoms with Gasteiger partial charge < -0.3 is 14.6 Å². The van der Waals surface area contributed by atoms with Gasteiger partial charge in [0.2, 0.25) is 16.8 Å². The first-order valence-electron chi connectivity index (χ1n) is 10.2.